The van der Waals surface area contributed by atoms with Gasteiger partial charge in [-0.25, -0.2) is 8.42 Å². The van der Waals surface area contributed by atoms with Crippen molar-refractivity contribution in [3.8, 4) is 0 Å². The lowest BCUT2D eigenvalue weighted by atomic mass is 10.2. The highest BCUT2D eigenvalue weighted by molar-refractivity contribution is 7.89. The smallest absolute Gasteiger partial charge is 0.241 e. The van der Waals surface area contributed by atoms with E-state index in [0.717, 1.165) is 25.7 Å². The van der Waals surface area contributed by atoms with Gasteiger partial charge in [0.1, 0.15) is 0 Å². The molecule has 122 valence electrons. The quantitative estimate of drug-likeness (QED) is 0.912. The van der Waals surface area contributed by atoms with E-state index in [4.69, 9.17) is 11.6 Å². The Balaban J connectivity index is 2.04. The molecule has 1 aromatic carbocycles. The Bertz CT molecular complexity index is 608. The molecule has 1 N–H and O–H groups in total. The predicted molar refractivity (Wildman–Crippen MR) is 86.3 cm³/mol. The molecule has 0 radical (unpaired) electrons. The minimum absolute atomic E-state index is 0.104. The van der Waals surface area contributed by atoms with E-state index in [1.54, 1.807) is 11.8 Å². The molecular weight excluding hydrogens is 324 g/mol. The van der Waals surface area contributed by atoms with Crippen LogP contribution in [0.1, 0.15) is 32.6 Å². The van der Waals surface area contributed by atoms with Crippen molar-refractivity contribution in [3.63, 3.8) is 0 Å². The van der Waals surface area contributed by atoms with Gasteiger partial charge in [-0.3, -0.25) is 4.79 Å². The predicted octanol–water partition coefficient (Wildman–Crippen LogP) is 2.41. The van der Waals surface area contributed by atoms with Crippen LogP contribution in [0.5, 0.6) is 0 Å². The molecule has 1 atom stereocenters. The summed E-state index contributed by atoms with van der Waals surface area (Å²) < 4.78 is 27.0. The van der Waals surface area contributed by atoms with Crippen LogP contribution >= 0.6 is 11.6 Å². The first-order valence-corrected chi connectivity index (χ1v) is 9.33. The fourth-order valence-corrected chi connectivity index (χ4v) is 3.85. The maximum absolute atomic E-state index is 12.4. The van der Waals surface area contributed by atoms with E-state index in [-0.39, 0.29) is 10.8 Å². The number of halogens is 1. The number of likely N-dealkylation sites (tertiary alicyclic amines) is 1. The number of nitrogens with zero attached hydrogens (tertiary/aromatic N) is 1. The number of carbonyl (C=O) groups excluding carboxylic acids is 1. The van der Waals surface area contributed by atoms with Gasteiger partial charge in [0.25, 0.3) is 0 Å². The molecule has 1 aromatic rings. The third-order valence-corrected chi connectivity index (χ3v) is 5.55. The van der Waals surface area contributed by atoms with Gasteiger partial charge < -0.3 is 4.90 Å². The van der Waals surface area contributed by atoms with E-state index in [9.17, 15) is 13.2 Å². The first-order valence-electron chi connectivity index (χ1n) is 7.47. The summed E-state index contributed by atoms with van der Waals surface area (Å²) >= 11 is 5.76. The zero-order valence-electron chi connectivity index (χ0n) is 12.6. The lowest BCUT2D eigenvalue weighted by Crippen LogP contribution is -2.47. The van der Waals surface area contributed by atoms with Crippen LogP contribution in [0.25, 0.3) is 0 Å². The second kappa shape index (κ2) is 7.44. The fraction of sp³-hybridized carbons (Fsp3) is 0.533. The summed E-state index contributed by atoms with van der Waals surface area (Å²) in [6.07, 6.45) is 4.19. The summed E-state index contributed by atoms with van der Waals surface area (Å²) in [6, 6.07) is 5.09. The van der Waals surface area contributed by atoms with Crippen LogP contribution in [-0.4, -0.2) is 38.4 Å². The number of sulfonamides is 1. The van der Waals surface area contributed by atoms with Crippen LogP contribution in [0.2, 0.25) is 5.02 Å². The van der Waals surface area contributed by atoms with Crippen LogP contribution in [-0.2, 0) is 14.8 Å². The molecule has 0 spiro atoms. The summed E-state index contributed by atoms with van der Waals surface area (Å²) in [5.41, 5.74) is 0. The van der Waals surface area contributed by atoms with Gasteiger partial charge in [0.15, 0.2) is 0 Å². The van der Waals surface area contributed by atoms with E-state index in [2.05, 4.69) is 4.72 Å². The largest absolute Gasteiger partial charge is 0.341 e. The van der Waals surface area contributed by atoms with Gasteiger partial charge in [0.2, 0.25) is 15.9 Å². The van der Waals surface area contributed by atoms with Crippen molar-refractivity contribution in [3.05, 3.63) is 29.3 Å². The maximum atomic E-state index is 12.4. The molecule has 1 heterocycles. The summed E-state index contributed by atoms with van der Waals surface area (Å²) in [6.45, 7) is 2.98. The zero-order valence-corrected chi connectivity index (χ0v) is 14.2. The minimum atomic E-state index is -3.73. The number of hydrogen-bond acceptors (Lipinski definition) is 3. The lowest BCUT2D eigenvalue weighted by molar-refractivity contribution is -0.132. The van der Waals surface area contributed by atoms with Gasteiger partial charge in [-0.15, -0.1) is 0 Å². The van der Waals surface area contributed by atoms with Crippen molar-refractivity contribution >= 4 is 27.5 Å². The van der Waals surface area contributed by atoms with Crippen LogP contribution < -0.4 is 4.72 Å². The van der Waals surface area contributed by atoms with E-state index in [1.165, 1.54) is 24.3 Å². The van der Waals surface area contributed by atoms with Gasteiger partial charge in [-0.2, -0.15) is 4.72 Å². The Morgan fingerprint density at radius 2 is 1.68 bits per heavy atom. The molecule has 22 heavy (non-hydrogen) atoms. The standard InChI is InChI=1S/C15H21ClN2O3S/c1-12(15(19)18-10-4-2-3-5-11-18)17-22(20,21)14-8-6-13(16)7-9-14/h6-9,12,17H,2-5,10-11H2,1H3. The SMILES string of the molecule is CC(NS(=O)(=O)c1ccc(Cl)cc1)C(=O)N1CCCCCC1. The average molecular weight is 345 g/mol. The van der Waals surface area contributed by atoms with Crippen LogP contribution in [0.15, 0.2) is 29.2 Å². The van der Waals surface area contributed by atoms with Gasteiger partial charge in [-0.05, 0) is 44.0 Å². The summed E-state index contributed by atoms with van der Waals surface area (Å²) in [5.74, 6) is -0.167. The second-order valence-corrected chi connectivity index (χ2v) is 7.69. The molecule has 1 unspecified atom stereocenters. The zero-order chi connectivity index (χ0) is 16.2. The monoisotopic (exact) mass is 344 g/mol. The topological polar surface area (TPSA) is 66.5 Å². The summed E-state index contributed by atoms with van der Waals surface area (Å²) in [7, 11) is -3.73. The van der Waals surface area contributed by atoms with Gasteiger partial charge in [-0.1, -0.05) is 24.4 Å². The van der Waals surface area contributed by atoms with Crippen molar-refractivity contribution in [2.24, 2.45) is 0 Å². The fourth-order valence-electron chi connectivity index (χ4n) is 2.53. The highest BCUT2D eigenvalue weighted by Crippen LogP contribution is 2.15. The number of hydrogen-bond donors (Lipinski definition) is 1. The Hall–Kier alpha value is -1.11. The number of carbonyl (C=O) groups is 1. The van der Waals surface area contributed by atoms with Crippen LogP contribution in [0, 0.1) is 0 Å². The van der Waals surface area contributed by atoms with E-state index >= 15 is 0 Å². The number of rotatable bonds is 4. The van der Waals surface area contributed by atoms with Crippen molar-refractivity contribution in [1.29, 1.82) is 0 Å². The van der Waals surface area contributed by atoms with Crippen LogP contribution in [0.3, 0.4) is 0 Å². The van der Waals surface area contributed by atoms with E-state index in [1.807, 2.05) is 0 Å². The first-order chi connectivity index (χ1) is 10.4. The molecule has 1 aliphatic heterocycles. The third-order valence-electron chi connectivity index (χ3n) is 3.74. The Kier molecular flexibility index (Phi) is 5.83. The molecule has 5 nitrogen and oxygen atoms in total. The minimum Gasteiger partial charge on any atom is -0.341 e. The number of benzene rings is 1. The lowest BCUT2D eigenvalue weighted by Gasteiger charge is -2.24. The first kappa shape index (κ1) is 17.2. The number of amides is 1. The number of nitrogens with one attached hydrogen (secondary N) is 1. The van der Waals surface area contributed by atoms with Gasteiger partial charge >= 0.3 is 0 Å². The molecule has 1 saturated heterocycles. The van der Waals surface area contributed by atoms with E-state index < -0.39 is 16.1 Å². The molecule has 1 fully saturated rings. The molecule has 1 aliphatic rings. The highest BCUT2D eigenvalue weighted by Gasteiger charge is 2.26. The second-order valence-electron chi connectivity index (χ2n) is 5.54. The molecular formula is C15H21ClN2O3S. The van der Waals surface area contributed by atoms with Crippen molar-refractivity contribution in [2.45, 2.75) is 43.5 Å². The molecule has 0 bridgehead atoms. The normalized spacial score (nSPS) is 17.8. The molecule has 7 heteroatoms. The third kappa shape index (κ3) is 4.44. The molecule has 1 amide bonds. The van der Waals surface area contributed by atoms with Gasteiger partial charge in [0.05, 0.1) is 10.9 Å². The Labute approximate surface area is 136 Å². The Morgan fingerprint density at radius 1 is 1.14 bits per heavy atom. The summed E-state index contributed by atoms with van der Waals surface area (Å²) in [5, 5.41) is 0.465. The molecule has 0 aromatic heterocycles. The highest BCUT2D eigenvalue weighted by atomic mass is 35.5. The van der Waals surface area contributed by atoms with Crippen LogP contribution in [0.4, 0.5) is 0 Å². The molecule has 2 rings (SSSR count). The van der Waals surface area contributed by atoms with Gasteiger partial charge in [0, 0.05) is 18.1 Å². The van der Waals surface area contributed by atoms with Crippen molar-refractivity contribution in [1.82, 2.24) is 9.62 Å². The Morgan fingerprint density at radius 3 is 2.23 bits per heavy atom. The van der Waals surface area contributed by atoms with Crippen molar-refractivity contribution in [2.75, 3.05) is 13.1 Å². The van der Waals surface area contributed by atoms with E-state index in [0.29, 0.717) is 18.1 Å². The van der Waals surface area contributed by atoms with Crippen molar-refractivity contribution < 1.29 is 13.2 Å². The molecule has 0 saturated carbocycles. The molecule has 0 aliphatic carbocycles. The average Bonchev–Trinajstić information content (AvgIpc) is 2.75. The summed E-state index contributed by atoms with van der Waals surface area (Å²) in [4.78, 5) is 14.2. The maximum Gasteiger partial charge on any atom is 0.241 e.